The molecule has 0 saturated carbocycles. The van der Waals surface area contributed by atoms with Crippen LogP contribution in [0.4, 0.5) is 0 Å². The zero-order chi connectivity index (χ0) is 18.8. The van der Waals surface area contributed by atoms with Gasteiger partial charge in [0.1, 0.15) is 5.58 Å². The van der Waals surface area contributed by atoms with Gasteiger partial charge in [-0.15, -0.1) is 0 Å². The number of rotatable bonds is 5. The molecule has 6 nitrogen and oxygen atoms in total. The molecule has 1 aromatic carbocycles. The van der Waals surface area contributed by atoms with Gasteiger partial charge in [-0.05, 0) is 57.0 Å². The monoisotopic (exact) mass is 356 g/mol. The highest BCUT2D eigenvalue weighted by atomic mass is 16.6. The van der Waals surface area contributed by atoms with E-state index in [0.717, 1.165) is 11.1 Å². The molecular weight excluding hydrogens is 336 g/mol. The molecule has 6 heteroatoms. The molecule has 0 aliphatic carbocycles. The average Bonchev–Trinajstić information content (AvgIpc) is 3.12. The molecule has 0 amide bonds. The molecule has 0 N–H and O–H groups in total. The van der Waals surface area contributed by atoms with Crippen molar-refractivity contribution in [2.45, 2.75) is 33.8 Å². The summed E-state index contributed by atoms with van der Waals surface area (Å²) < 4.78 is 22.0. The van der Waals surface area contributed by atoms with Gasteiger partial charge in [-0.1, -0.05) is 6.07 Å². The third kappa shape index (κ3) is 3.22. The quantitative estimate of drug-likeness (QED) is 0.643. The largest absolute Gasteiger partial charge is 0.471 e. The minimum Gasteiger partial charge on any atom is -0.471 e. The molecule has 3 rings (SSSR count). The predicted molar refractivity (Wildman–Crippen MR) is 96.4 cm³/mol. The van der Waals surface area contributed by atoms with Crippen molar-refractivity contribution in [3.05, 3.63) is 51.9 Å². The van der Waals surface area contributed by atoms with Gasteiger partial charge in [0.05, 0.1) is 18.3 Å². The van der Waals surface area contributed by atoms with Crippen LogP contribution < -0.4 is 10.2 Å². The Balaban J connectivity index is 2.22. The number of benzene rings is 1. The minimum atomic E-state index is -0.963. The number of hydrogen-bond donors (Lipinski definition) is 0. The first kappa shape index (κ1) is 17.8. The summed E-state index contributed by atoms with van der Waals surface area (Å²) in [4.78, 5) is 25.0. The average molecular weight is 356 g/mol. The predicted octanol–water partition coefficient (Wildman–Crippen LogP) is 4.00. The minimum absolute atomic E-state index is 0.0713. The van der Waals surface area contributed by atoms with E-state index in [0.29, 0.717) is 16.7 Å². The molecule has 3 aromatic rings. The summed E-state index contributed by atoms with van der Waals surface area (Å²) in [6.45, 7) is 7.21. The van der Waals surface area contributed by atoms with Gasteiger partial charge in [0, 0.05) is 0 Å². The molecule has 1 atom stereocenters. The Morgan fingerprint density at radius 3 is 2.69 bits per heavy atom. The molecule has 0 bridgehead atoms. The van der Waals surface area contributed by atoms with E-state index >= 15 is 0 Å². The highest BCUT2D eigenvalue weighted by Gasteiger charge is 2.25. The van der Waals surface area contributed by atoms with Crippen LogP contribution in [0.25, 0.3) is 22.5 Å². The number of carbonyl (C=O) groups excluding carboxylic acids is 1. The number of esters is 1. The number of carbonyl (C=O) groups is 1. The third-order valence-electron chi connectivity index (χ3n) is 3.94. The summed E-state index contributed by atoms with van der Waals surface area (Å²) in [5, 5.41) is 0.392. The molecule has 2 heterocycles. The molecule has 2 aromatic heterocycles. The smallest absolute Gasteiger partial charge is 0.347 e. The van der Waals surface area contributed by atoms with Crippen molar-refractivity contribution in [1.82, 2.24) is 0 Å². The summed E-state index contributed by atoms with van der Waals surface area (Å²) in [6, 6.07) is 7.01. The third-order valence-corrected chi connectivity index (χ3v) is 3.94. The zero-order valence-corrected chi connectivity index (χ0v) is 15.1. The van der Waals surface area contributed by atoms with Gasteiger partial charge in [0.2, 0.25) is 16.9 Å². The van der Waals surface area contributed by atoms with Crippen molar-refractivity contribution in [3.8, 4) is 17.3 Å². The van der Waals surface area contributed by atoms with E-state index in [1.807, 2.05) is 19.9 Å². The second kappa shape index (κ2) is 7.07. The fourth-order valence-corrected chi connectivity index (χ4v) is 2.79. The Morgan fingerprint density at radius 1 is 1.27 bits per heavy atom. The van der Waals surface area contributed by atoms with Crippen LogP contribution >= 0.6 is 0 Å². The maximum atomic E-state index is 13.1. The number of furan rings is 1. The van der Waals surface area contributed by atoms with Crippen molar-refractivity contribution < 1.29 is 23.1 Å². The Bertz CT molecular complexity index is 997. The van der Waals surface area contributed by atoms with Gasteiger partial charge in [0.15, 0.2) is 11.9 Å². The van der Waals surface area contributed by atoms with Crippen molar-refractivity contribution in [3.63, 3.8) is 0 Å². The Kier molecular flexibility index (Phi) is 4.84. The number of ether oxygens (including phenoxy) is 2. The molecule has 0 fully saturated rings. The lowest BCUT2D eigenvalue weighted by Crippen LogP contribution is -2.28. The van der Waals surface area contributed by atoms with Crippen LogP contribution in [0.2, 0.25) is 0 Å². The molecule has 26 heavy (non-hydrogen) atoms. The van der Waals surface area contributed by atoms with Crippen LogP contribution in [0.3, 0.4) is 0 Å². The molecule has 1 unspecified atom stereocenters. The van der Waals surface area contributed by atoms with Crippen molar-refractivity contribution in [2.24, 2.45) is 0 Å². The van der Waals surface area contributed by atoms with Crippen LogP contribution in [-0.2, 0) is 9.53 Å². The molecule has 0 aliphatic heterocycles. The Morgan fingerprint density at radius 2 is 2.04 bits per heavy atom. The zero-order valence-electron chi connectivity index (χ0n) is 15.1. The highest BCUT2D eigenvalue weighted by molar-refractivity contribution is 5.84. The fraction of sp³-hybridized carbons (Fsp3) is 0.300. The maximum absolute atomic E-state index is 13.1. The lowest BCUT2D eigenvalue weighted by Gasteiger charge is -2.15. The summed E-state index contributed by atoms with van der Waals surface area (Å²) in [7, 11) is 0. The van der Waals surface area contributed by atoms with Gasteiger partial charge in [-0.2, -0.15) is 0 Å². The SMILES string of the molecule is CCOC(=O)C(C)Oc1c(-c2ccco2)oc2c(C)cc(C)cc2c1=O. The normalized spacial score (nSPS) is 12.2. The first-order valence-electron chi connectivity index (χ1n) is 8.37. The number of fused-ring (bicyclic) bond motifs is 1. The van der Waals surface area contributed by atoms with E-state index in [9.17, 15) is 9.59 Å². The van der Waals surface area contributed by atoms with Gasteiger partial charge in [0.25, 0.3) is 0 Å². The highest BCUT2D eigenvalue weighted by Crippen LogP contribution is 2.33. The second-order valence-corrected chi connectivity index (χ2v) is 6.04. The van der Waals surface area contributed by atoms with Crippen LogP contribution in [0, 0.1) is 13.8 Å². The van der Waals surface area contributed by atoms with Crippen molar-refractivity contribution in [2.75, 3.05) is 6.61 Å². The van der Waals surface area contributed by atoms with Crippen LogP contribution in [0.15, 0.2) is 44.2 Å². The first-order chi connectivity index (χ1) is 12.4. The lowest BCUT2D eigenvalue weighted by molar-refractivity contribution is -0.150. The number of aryl methyl sites for hydroxylation is 2. The van der Waals surface area contributed by atoms with Gasteiger partial charge < -0.3 is 18.3 Å². The van der Waals surface area contributed by atoms with E-state index in [1.165, 1.54) is 13.2 Å². The fourth-order valence-electron chi connectivity index (χ4n) is 2.79. The van der Waals surface area contributed by atoms with Gasteiger partial charge in [-0.3, -0.25) is 4.79 Å². The van der Waals surface area contributed by atoms with Gasteiger partial charge in [-0.25, -0.2) is 4.79 Å². The molecule has 0 aliphatic rings. The van der Waals surface area contributed by atoms with Crippen LogP contribution in [0.5, 0.6) is 5.75 Å². The molecule has 0 radical (unpaired) electrons. The summed E-state index contributed by atoms with van der Waals surface area (Å²) in [5.41, 5.74) is 1.86. The Labute approximate surface area is 150 Å². The molecule has 0 saturated heterocycles. The summed E-state index contributed by atoms with van der Waals surface area (Å²) in [5.74, 6) is -0.138. The van der Waals surface area contributed by atoms with E-state index in [2.05, 4.69) is 0 Å². The van der Waals surface area contributed by atoms with Crippen LogP contribution in [0.1, 0.15) is 25.0 Å². The van der Waals surface area contributed by atoms with E-state index in [-0.39, 0.29) is 23.5 Å². The van der Waals surface area contributed by atoms with E-state index in [4.69, 9.17) is 18.3 Å². The van der Waals surface area contributed by atoms with Crippen LogP contribution in [-0.4, -0.2) is 18.7 Å². The van der Waals surface area contributed by atoms with E-state index < -0.39 is 12.1 Å². The maximum Gasteiger partial charge on any atom is 0.347 e. The van der Waals surface area contributed by atoms with Gasteiger partial charge >= 0.3 is 5.97 Å². The van der Waals surface area contributed by atoms with Crippen molar-refractivity contribution >= 4 is 16.9 Å². The topological polar surface area (TPSA) is 78.9 Å². The first-order valence-corrected chi connectivity index (χ1v) is 8.37. The summed E-state index contributed by atoms with van der Waals surface area (Å²) in [6.07, 6.45) is 0.509. The Hall–Kier alpha value is -3.02. The van der Waals surface area contributed by atoms with Crippen molar-refractivity contribution in [1.29, 1.82) is 0 Å². The summed E-state index contributed by atoms with van der Waals surface area (Å²) >= 11 is 0. The van der Waals surface area contributed by atoms with E-state index in [1.54, 1.807) is 25.1 Å². The number of hydrogen-bond acceptors (Lipinski definition) is 6. The molecule has 0 spiro atoms. The molecular formula is C20H20O6. The lowest BCUT2D eigenvalue weighted by atomic mass is 10.1. The molecule has 136 valence electrons. The second-order valence-electron chi connectivity index (χ2n) is 6.04. The standard InChI is InChI=1S/C20H20O6/c1-5-23-20(22)13(4)25-19-16(21)14-10-11(2)9-12(3)17(14)26-18(19)15-7-6-8-24-15/h6-10,13H,5H2,1-4H3.